The smallest absolute Gasteiger partial charge is 0.361 e. The highest BCUT2D eigenvalue weighted by Gasteiger charge is 2.42. The molecule has 6 aromatic rings. The van der Waals surface area contributed by atoms with Gasteiger partial charge in [-0.2, -0.15) is 31.1 Å². The lowest BCUT2D eigenvalue weighted by atomic mass is 10.1. The summed E-state index contributed by atoms with van der Waals surface area (Å²) in [5, 5.41) is 1.43. The van der Waals surface area contributed by atoms with E-state index in [0.29, 0.717) is 22.0 Å². The molecule has 0 aliphatic rings. The molecule has 2 atom stereocenters. The molecule has 2 aromatic heterocycles. The van der Waals surface area contributed by atoms with Crippen LogP contribution in [0.2, 0.25) is 0 Å². The van der Waals surface area contributed by atoms with Gasteiger partial charge in [0.2, 0.25) is 10.0 Å². The second kappa shape index (κ2) is 16.3. The lowest BCUT2D eigenvalue weighted by molar-refractivity contribution is -0.151. The molecule has 2 heterocycles. The maximum Gasteiger partial charge on any atom is 0.405 e. The van der Waals surface area contributed by atoms with Crippen LogP contribution in [0.25, 0.3) is 21.8 Å². The number of alkyl halides is 6. The van der Waals surface area contributed by atoms with Crippen molar-refractivity contribution in [3.8, 4) is 0 Å². The van der Waals surface area contributed by atoms with Gasteiger partial charge in [0.25, 0.3) is 9.05 Å². The van der Waals surface area contributed by atoms with Crippen LogP contribution in [-0.4, -0.2) is 51.2 Å². The summed E-state index contributed by atoms with van der Waals surface area (Å²) < 4.78 is 125. The van der Waals surface area contributed by atoms with Gasteiger partial charge in [-0.05, 0) is 60.4 Å². The van der Waals surface area contributed by atoms with Gasteiger partial charge in [-0.3, -0.25) is 0 Å². The van der Waals surface area contributed by atoms with Crippen LogP contribution in [0, 0.1) is 0 Å². The summed E-state index contributed by atoms with van der Waals surface area (Å²) in [6.45, 7) is 0. The number of aromatic amines is 2. The van der Waals surface area contributed by atoms with Crippen molar-refractivity contribution in [2.45, 2.75) is 47.1 Å². The van der Waals surface area contributed by atoms with Crippen molar-refractivity contribution in [3.05, 3.63) is 133 Å². The number of benzene rings is 4. The molecular formula is C34H31ClF6N4O4S2. The van der Waals surface area contributed by atoms with Crippen LogP contribution in [0.1, 0.15) is 11.1 Å². The monoisotopic (exact) mass is 772 g/mol. The predicted molar refractivity (Wildman–Crippen MR) is 184 cm³/mol. The van der Waals surface area contributed by atoms with Gasteiger partial charge in [0.1, 0.15) is 12.1 Å². The number of hydrogen-bond donors (Lipinski definition) is 4. The molecule has 6 rings (SSSR count). The standard InChI is InChI=1S/C17H15F3N2O2S.C11H11F3N2.C6H5ClO2S/c18-17(19,20)16(22-25(23,24)13-6-2-1-3-7-13)10-12-11-21-15-9-5-4-8-14(12)15;12-11(13,14)10(15)5-7-6-16-9-4-2-1-3-8(7)9;7-10(8,9)6-4-2-1-3-5-6/h1-9,11,16,21-22H,10H2;1-4,6,10,16H,5,15H2;1-5H. The molecule has 5 N–H and O–H groups in total. The summed E-state index contributed by atoms with van der Waals surface area (Å²) in [5.74, 6) is 0. The second-order valence-electron chi connectivity index (χ2n) is 11.1. The van der Waals surface area contributed by atoms with Gasteiger partial charge in [-0.15, -0.1) is 0 Å². The Morgan fingerprint density at radius 3 is 1.43 bits per heavy atom. The predicted octanol–water partition coefficient (Wildman–Crippen LogP) is 7.83. The van der Waals surface area contributed by atoms with Crippen LogP contribution in [0.4, 0.5) is 26.3 Å². The minimum atomic E-state index is -4.72. The van der Waals surface area contributed by atoms with Gasteiger partial charge in [-0.25, -0.2) is 16.8 Å². The molecule has 0 aliphatic heterocycles. The van der Waals surface area contributed by atoms with Crippen molar-refractivity contribution < 1.29 is 43.2 Å². The topological polar surface area (TPSA) is 138 Å². The van der Waals surface area contributed by atoms with E-state index >= 15 is 0 Å². The average Bonchev–Trinajstić information content (AvgIpc) is 3.69. The average molecular weight is 773 g/mol. The van der Waals surface area contributed by atoms with Crippen molar-refractivity contribution in [2.75, 3.05) is 0 Å². The molecule has 0 radical (unpaired) electrons. The van der Waals surface area contributed by atoms with Crippen LogP contribution in [0.3, 0.4) is 0 Å². The largest absolute Gasteiger partial charge is 0.405 e. The fourth-order valence-electron chi connectivity index (χ4n) is 4.84. The summed E-state index contributed by atoms with van der Waals surface area (Å²) >= 11 is 0. The van der Waals surface area contributed by atoms with Gasteiger partial charge >= 0.3 is 12.4 Å². The molecule has 0 aliphatic carbocycles. The Labute approximate surface area is 294 Å². The van der Waals surface area contributed by atoms with Crippen LogP contribution < -0.4 is 10.5 Å². The number of nitrogens with one attached hydrogen (secondary N) is 3. The van der Waals surface area contributed by atoms with Crippen molar-refractivity contribution >= 4 is 51.6 Å². The van der Waals surface area contributed by atoms with E-state index < -0.39 is 49.9 Å². The molecule has 0 amide bonds. The lowest BCUT2D eigenvalue weighted by Gasteiger charge is -2.21. The van der Waals surface area contributed by atoms with E-state index in [1.807, 2.05) is 12.1 Å². The Balaban J connectivity index is 0.000000191. The minimum absolute atomic E-state index is 0.136. The Morgan fingerprint density at radius 1 is 0.608 bits per heavy atom. The highest BCUT2D eigenvalue weighted by atomic mass is 35.7. The van der Waals surface area contributed by atoms with Crippen molar-refractivity contribution in [2.24, 2.45) is 5.73 Å². The maximum atomic E-state index is 13.4. The molecule has 0 bridgehead atoms. The highest BCUT2D eigenvalue weighted by molar-refractivity contribution is 8.13. The summed E-state index contributed by atoms with van der Waals surface area (Å²) in [5.41, 5.74) is 7.61. The third-order valence-corrected chi connectivity index (χ3v) is 10.3. The van der Waals surface area contributed by atoms with E-state index in [-0.39, 0.29) is 16.2 Å². The van der Waals surface area contributed by atoms with E-state index in [4.69, 9.17) is 16.4 Å². The number of fused-ring (bicyclic) bond motifs is 2. The van der Waals surface area contributed by atoms with Crippen molar-refractivity contribution in [1.29, 1.82) is 0 Å². The van der Waals surface area contributed by atoms with Crippen molar-refractivity contribution in [3.63, 3.8) is 0 Å². The zero-order valence-corrected chi connectivity index (χ0v) is 28.7. The van der Waals surface area contributed by atoms with Crippen LogP contribution in [0.5, 0.6) is 0 Å². The first-order valence-electron chi connectivity index (χ1n) is 14.9. The van der Waals surface area contributed by atoms with Gasteiger partial charge in [0.05, 0.1) is 9.79 Å². The minimum Gasteiger partial charge on any atom is -0.361 e. The third kappa shape index (κ3) is 11.1. The summed E-state index contributed by atoms with van der Waals surface area (Å²) in [6.07, 6.45) is -6.72. The number of halogens is 7. The van der Waals surface area contributed by atoms with Crippen LogP contribution >= 0.6 is 10.7 Å². The second-order valence-corrected chi connectivity index (χ2v) is 15.3. The lowest BCUT2D eigenvalue weighted by Crippen LogP contribution is -2.46. The number of nitrogens with two attached hydrogens (primary N) is 1. The first-order chi connectivity index (χ1) is 23.9. The zero-order chi connectivity index (χ0) is 37.5. The number of rotatable bonds is 8. The number of sulfonamides is 1. The van der Waals surface area contributed by atoms with Crippen molar-refractivity contribution in [1.82, 2.24) is 14.7 Å². The quantitative estimate of drug-likeness (QED) is 0.0924. The number of hydrogen-bond acceptors (Lipinski definition) is 5. The Bertz CT molecular complexity index is 2250. The highest BCUT2D eigenvalue weighted by Crippen LogP contribution is 2.28. The molecule has 272 valence electrons. The fraction of sp³-hybridized carbons (Fsp3) is 0.176. The molecule has 17 heteroatoms. The summed E-state index contributed by atoms with van der Waals surface area (Å²) in [4.78, 5) is 5.75. The van der Waals surface area contributed by atoms with Gasteiger partial charge in [-0.1, -0.05) is 72.8 Å². The fourth-order valence-corrected chi connectivity index (χ4v) is 6.87. The summed E-state index contributed by atoms with van der Waals surface area (Å²) in [7, 11) is -2.78. The summed E-state index contributed by atoms with van der Waals surface area (Å²) in [6, 6.07) is 25.0. The van der Waals surface area contributed by atoms with E-state index in [1.54, 1.807) is 71.6 Å². The first kappa shape index (κ1) is 39.4. The number of para-hydroxylation sites is 2. The molecule has 0 saturated carbocycles. The molecule has 8 nitrogen and oxygen atoms in total. The molecule has 0 spiro atoms. The number of H-pyrrole nitrogens is 2. The zero-order valence-electron chi connectivity index (χ0n) is 26.3. The third-order valence-electron chi connectivity index (χ3n) is 7.40. The SMILES string of the molecule is NC(Cc1c[nH]c2ccccc12)C(F)(F)F.O=S(=O)(Cl)c1ccccc1.O=S(=O)(NC(Cc1c[nH]c2ccccc12)C(F)(F)F)c1ccccc1. The molecular weight excluding hydrogens is 742 g/mol. The molecule has 51 heavy (non-hydrogen) atoms. The van der Waals surface area contributed by atoms with E-state index in [0.717, 1.165) is 10.9 Å². The normalized spacial score (nSPS) is 13.5. The first-order valence-corrected chi connectivity index (χ1v) is 18.7. The molecule has 4 aromatic carbocycles. The maximum absolute atomic E-state index is 13.4. The molecule has 2 unspecified atom stereocenters. The van der Waals surface area contributed by atoms with Gasteiger partial charge < -0.3 is 15.7 Å². The van der Waals surface area contributed by atoms with Crippen LogP contribution in [0.15, 0.2) is 131 Å². The van der Waals surface area contributed by atoms with E-state index in [9.17, 15) is 43.2 Å². The van der Waals surface area contributed by atoms with Gasteiger partial charge in [0, 0.05) is 44.9 Å². The van der Waals surface area contributed by atoms with Gasteiger partial charge in [0.15, 0.2) is 0 Å². The number of aromatic nitrogens is 2. The Kier molecular flexibility index (Phi) is 12.6. The van der Waals surface area contributed by atoms with E-state index in [2.05, 4.69) is 9.97 Å². The van der Waals surface area contributed by atoms with Crippen LogP contribution in [-0.2, 0) is 31.9 Å². The molecule has 0 saturated heterocycles. The Hall–Kier alpha value is -4.35. The van der Waals surface area contributed by atoms with E-state index in [1.165, 1.54) is 42.6 Å². The molecule has 0 fully saturated rings. The Morgan fingerprint density at radius 2 is 1.02 bits per heavy atom.